The summed E-state index contributed by atoms with van der Waals surface area (Å²) in [5.41, 5.74) is 4.99. The average Bonchev–Trinajstić information content (AvgIpc) is 3.16. The summed E-state index contributed by atoms with van der Waals surface area (Å²) in [6.45, 7) is 8.93. The minimum absolute atomic E-state index is 0. The van der Waals surface area contributed by atoms with Crippen molar-refractivity contribution >= 4 is 35.8 Å². The van der Waals surface area contributed by atoms with Gasteiger partial charge in [0.05, 0.1) is 6.04 Å². The second-order valence-electron chi connectivity index (χ2n) is 8.87. The summed E-state index contributed by atoms with van der Waals surface area (Å²) in [5.74, 6) is 1.72. The monoisotopic (exact) mass is 548 g/mol. The molecule has 1 saturated heterocycles. The fraction of sp³-hybridized carbons (Fsp3) is 0.462. The van der Waals surface area contributed by atoms with E-state index in [0.29, 0.717) is 25.4 Å². The Morgan fingerprint density at radius 1 is 1.00 bits per heavy atom. The summed E-state index contributed by atoms with van der Waals surface area (Å²) in [6.07, 6.45) is 2.78. The maximum Gasteiger partial charge on any atom is 0.222 e. The molecule has 1 aliphatic rings. The van der Waals surface area contributed by atoms with Crippen molar-refractivity contribution in [3.05, 3.63) is 70.8 Å². The van der Waals surface area contributed by atoms with Crippen LogP contribution in [-0.2, 0) is 24.3 Å². The fourth-order valence-corrected chi connectivity index (χ4v) is 3.94. The summed E-state index contributed by atoms with van der Waals surface area (Å²) in [4.78, 5) is 18.1. The van der Waals surface area contributed by atoms with E-state index >= 15 is 0 Å². The standard InChI is InChI=1S/C26H36N4O.HI/c1-19(2)16-21-11-13-24(14-12-21)20(3)29-26(27-4)28-17-22-7-9-23(10-8-22)18-30-15-5-6-25(30)31;/h7-14,19-20H,5-6,15-18H2,1-4H3,(H2,27,28,29);1H. The zero-order valence-electron chi connectivity index (χ0n) is 19.7. The molecule has 5 nitrogen and oxygen atoms in total. The third-order valence-corrected chi connectivity index (χ3v) is 5.73. The number of amides is 1. The van der Waals surface area contributed by atoms with Gasteiger partial charge in [-0.3, -0.25) is 9.79 Å². The van der Waals surface area contributed by atoms with Gasteiger partial charge < -0.3 is 15.5 Å². The van der Waals surface area contributed by atoms with E-state index < -0.39 is 0 Å². The molecular weight excluding hydrogens is 511 g/mol. The number of carbonyl (C=O) groups is 1. The largest absolute Gasteiger partial charge is 0.352 e. The Labute approximate surface area is 210 Å². The van der Waals surface area contributed by atoms with Crippen molar-refractivity contribution in [3.63, 3.8) is 0 Å². The Morgan fingerprint density at radius 3 is 2.19 bits per heavy atom. The van der Waals surface area contributed by atoms with Gasteiger partial charge in [0.1, 0.15) is 0 Å². The van der Waals surface area contributed by atoms with Crippen LogP contribution >= 0.6 is 24.0 Å². The van der Waals surface area contributed by atoms with E-state index in [4.69, 9.17) is 0 Å². The molecule has 0 radical (unpaired) electrons. The predicted molar refractivity (Wildman–Crippen MR) is 143 cm³/mol. The number of hydrogen-bond acceptors (Lipinski definition) is 2. The topological polar surface area (TPSA) is 56.7 Å². The molecule has 1 fully saturated rings. The number of hydrogen-bond donors (Lipinski definition) is 2. The maximum atomic E-state index is 11.8. The maximum absolute atomic E-state index is 11.8. The van der Waals surface area contributed by atoms with Crippen LogP contribution in [0.2, 0.25) is 0 Å². The van der Waals surface area contributed by atoms with Gasteiger partial charge in [-0.2, -0.15) is 0 Å². The summed E-state index contributed by atoms with van der Waals surface area (Å²) in [5, 5.41) is 6.87. The molecule has 0 bridgehead atoms. The predicted octanol–water partition coefficient (Wildman–Crippen LogP) is 5.05. The Hall–Kier alpha value is -2.09. The van der Waals surface area contributed by atoms with Crippen molar-refractivity contribution in [3.8, 4) is 0 Å². The number of rotatable bonds is 8. The van der Waals surface area contributed by atoms with Crippen LogP contribution < -0.4 is 10.6 Å². The number of nitrogens with zero attached hydrogens (tertiary/aromatic N) is 2. The lowest BCUT2D eigenvalue weighted by Crippen LogP contribution is -2.38. The quantitative estimate of drug-likeness (QED) is 0.276. The van der Waals surface area contributed by atoms with Crippen molar-refractivity contribution in [2.75, 3.05) is 13.6 Å². The van der Waals surface area contributed by atoms with Crippen molar-refractivity contribution in [1.82, 2.24) is 15.5 Å². The van der Waals surface area contributed by atoms with Crippen LogP contribution in [0.1, 0.15) is 61.9 Å². The molecule has 0 spiro atoms. The molecule has 1 unspecified atom stereocenters. The smallest absolute Gasteiger partial charge is 0.222 e. The average molecular weight is 549 g/mol. The van der Waals surface area contributed by atoms with Crippen molar-refractivity contribution in [1.29, 1.82) is 0 Å². The first-order chi connectivity index (χ1) is 14.9. The van der Waals surface area contributed by atoms with E-state index in [0.717, 1.165) is 25.3 Å². The van der Waals surface area contributed by atoms with Crippen molar-refractivity contribution < 1.29 is 4.79 Å². The van der Waals surface area contributed by atoms with Gasteiger partial charge in [0, 0.05) is 33.1 Å². The molecule has 1 heterocycles. The highest BCUT2D eigenvalue weighted by Gasteiger charge is 2.19. The molecule has 6 heteroatoms. The van der Waals surface area contributed by atoms with Crippen LogP contribution in [0, 0.1) is 5.92 Å². The summed E-state index contributed by atoms with van der Waals surface area (Å²) >= 11 is 0. The number of nitrogens with one attached hydrogen (secondary N) is 2. The van der Waals surface area contributed by atoms with Gasteiger partial charge in [-0.15, -0.1) is 24.0 Å². The lowest BCUT2D eigenvalue weighted by molar-refractivity contribution is -0.128. The van der Waals surface area contributed by atoms with Crippen LogP contribution in [-0.4, -0.2) is 30.4 Å². The highest BCUT2D eigenvalue weighted by atomic mass is 127. The Morgan fingerprint density at radius 2 is 1.62 bits per heavy atom. The van der Waals surface area contributed by atoms with Gasteiger partial charge in [0.15, 0.2) is 5.96 Å². The molecule has 1 atom stereocenters. The van der Waals surface area contributed by atoms with E-state index in [1.807, 2.05) is 4.90 Å². The van der Waals surface area contributed by atoms with Crippen LogP contribution in [0.5, 0.6) is 0 Å². The number of guanidine groups is 1. The van der Waals surface area contributed by atoms with Crippen LogP contribution in [0.15, 0.2) is 53.5 Å². The zero-order valence-corrected chi connectivity index (χ0v) is 22.1. The van der Waals surface area contributed by atoms with Gasteiger partial charge in [-0.25, -0.2) is 0 Å². The SMILES string of the molecule is CN=C(NCc1ccc(CN2CCCC2=O)cc1)NC(C)c1ccc(CC(C)C)cc1.I. The third-order valence-electron chi connectivity index (χ3n) is 5.73. The Kier molecular flexibility index (Phi) is 10.5. The molecular formula is C26H37IN4O. The molecule has 2 aromatic rings. The molecule has 3 rings (SSSR count). The number of benzene rings is 2. The van der Waals surface area contributed by atoms with E-state index in [9.17, 15) is 4.79 Å². The summed E-state index contributed by atoms with van der Waals surface area (Å²) < 4.78 is 0. The second-order valence-corrected chi connectivity index (χ2v) is 8.87. The molecule has 174 valence electrons. The first-order valence-electron chi connectivity index (χ1n) is 11.4. The lowest BCUT2D eigenvalue weighted by atomic mass is 10.00. The number of carbonyl (C=O) groups excluding carboxylic acids is 1. The van der Waals surface area contributed by atoms with Gasteiger partial charge in [-0.05, 0) is 47.9 Å². The van der Waals surface area contributed by atoms with E-state index in [-0.39, 0.29) is 35.9 Å². The number of halogens is 1. The zero-order chi connectivity index (χ0) is 22.2. The highest BCUT2D eigenvalue weighted by molar-refractivity contribution is 14.0. The highest BCUT2D eigenvalue weighted by Crippen LogP contribution is 2.16. The minimum Gasteiger partial charge on any atom is -0.352 e. The van der Waals surface area contributed by atoms with E-state index in [2.05, 4.69) is 84.9 Å². The molecule has 0 aliphatic carbocycles. The van der Waals surface area contributed by atoms with Crippen LogP contribution in [0.3, 0.4) is 0 Å². The number of aliphatic imine (C=N–C) groups is 1. The molecule has 1 amide bonds. The molecule has 0 aromatic heterocycles. The second kappa shape index (κ2) is 12.8. The third kappa shape index (κ3) is 7.80. The van der Waals surface area contributed by atoms with Gasteiger partial charge >= 0.3 is 0 Å². The van der Waals surface area contributed by atoms with Crippen molar-refractivity contribution in [2.45, 2.75) is 59.2 Å². The van der Waals surface area contributed by atoms with Gasteiger partial charge in [0.2, 0.25) is 5.91 Å². The van der Waals surface area contributed by atoms with E-state index in [1.54, 1.807) is 7.05 Å². The first-order valence-corrected chi connectivity index (χ1v) is 11.4. The molecule has 32 heavy (non-hydrogen) atoms. The van der Waals surface area contributed by atoms with Crippen molar-refractivity contribution in [2.24, 2.45) is 10.9 Å². The summed E-state index contributed by atoms with van der Waals surface area (Å²) in [7, 11) is 1.80. The molecule has 2 N–H and O–H groups in total. The van der Waals surface area contributed by atoms with Crippen LogP contribution in [0.4, 0.5) is 0 Å². The molecule has 0 saturated carbocycles. The fourth-order valence-electron chi connectivity index (χ4n) is 3.94. The first kappa shape index (κ1) is 26.2. The normalized spacial score (nSPS) is 15.0. The Balaban J connectivity index is 0.00000363. The molecule has 2 aromatic carbocycles. The lowest BCUT2D eigenvalue weighted by Gasteiger charge is -2.19. The van der Waals surface area contributed by atoms with E-state index in [1.165, 1.54) is 22.3 Å². The molecule has 1 aliphatic heterocycles. The van der Waals surface area contributed by atoms with Crippen LogP contribution in [0.25, 0.3) is 0 Å². The van der Waals surface area contributed by atoms with Gasteiger partial charge in [0.25, 0.3) is 0 Å². The van der Waals surface area contributed by atoms with Gasteiger partial charge in [-0.1, -0.05) is 62.4 Å². The minimum atomic E-state index is 0. The number of likely N-dealkylation sites (tertiary alicyclic amines) is 1. The Bertz CT molecular complexity index is 878. The summed E-state index contributed by atoms with van der Waals surface area (Å²) in [6, 6.07) is 17.5.